The topological polar surface area (TPSA) is 51.6 Å². The first kappa shape index (κ1) is 22.8. The first-order valence-electron chi connectivity index (χ1n) is 10.9. The molecule has 0 saturated heterocycles. The molecule has 35 heavy (non-hydrogen) atoms. The lowest BCUT2D eigenvalue weighted by molar-refractivity contribution is 0.363. The summed E-state index contributed by atoms with van der Waals surface area (Å²) in [7, 11) is 0. The van der Waals surface area contributed by atoms with Crippen molar-refractivity contribution in [2.75, 3.05) is 0 Å². The summed E-state index contributed by atoms with van der Waals surface area (Å²) < 4.78 is 70.1. The average Bonchev–Trinajstić information content (AvgIpc) is 2.92. The molecule has 0 fully saturated rings. The van der Waals surface area contributed by atoms with Gasteiger partial charge in [0.05, 0.1) is 12.4 Å². The highest BCUT2D eigenvalue weighted by Gasteiger charge is 2.33. The van der Waals surface area contributed by atoms with Gasteiger partial charge in [-0.15, -0.1) is 10.2 Å². The fourth-order valence-corrected chi connectivity index (χ4v) is 4.80. The Morgan fingerprint density at radius 1 is 0.629 bits per heavy atom. The van der Waals surface area contributed by atoms with E-state index in [4.69, 9.17) is 0 Å². The van der Waals surface area contributed by atoms with Gasteiger partial charge < -0.3 is 0 Å². The molecule has 0 spiro atoms. The minimum absolute atomic E-state index is 0.324. The van der Waals surface area contributed by atoms with Gasteiger partial charge in [0.2, 0.25) is 5.82 Å². The van der Waals surface area contributed by atoms with Crippen LogP contribution in [0.25, 0.3) is 21.5 Å². The normalized spacial score (nSPS) is 14.9. The van der Waals surface area contributed by atoms with Gasteiger partial charge in [0, 0.05) is 11.5 Å². The van der Waals surface area contributed by atoms with Crippen molar-refractivity contribution in [2.24, 2.45) is 0 Å². The van der Waals surface area contributed by atoms with Crippen LogP contribution in [0.1, 0.15) is 35.4 Å². The molecule has 0 aliphatic heterocycles. The third-order valence-electron chi connectivity index (χ3n) is 6.30. The van der Waals surface area contributed by atoms with Gasteiger partial charge in [-0.25, -0.2) is 22.0 Å². The lowest BCUT2D eigenvalue weighted by Crippen LogP contribution is -2.17. The summed E-state index contributed by atoms with van der Waals surface area (Å²) in [6, 6.07) is 15.5. The van der Waals surface area contributed by atoms with Crippen molar-refractivity contribution in [1.29, 1.82) is 0 Å². The van der Waals surface area contributed by atoms with Gasteiger partial charge in [0.25, 0.3) is 0 Å². The summed E-state index contributed by atoms with van der Waals surface area (Å²) >= 11 is 0. The zero-order chi connectivity index (χ0) is 24.5. The molecule has 4 nitrogen and oxygen atoms in total. The first-order chi connectivity index (χ1) is 17.0. The van der Waals surface area contributed by atoms with Crippen LogP contribution in [0, 0.1) is 29.1 Å². The Kier molecular flexibility index (Phi) is 6.07. The molecule has 0 radical (unpaired) electrons. The van der Waals surface area contributed by atoms with Crippen LogP contribution < -0.4 is 0 Å². The van der Waals surface area contributed by atoms with Crippen LogP contribution in [0.4, 0.5) is 22.0 Å². The Balaban J connectivity index is 0.000000371. The third-order valence-corrected chi connectivity index (χ3v) is 6.30. The lowest BCUT2D eigenvalue weighted by atomic mass is 9.76. The maximum atomic E-state index is 14.5. The summed E-state index contributed by atoms with van der Waals surface area (Å²) in [4.78, 5) is 0. The van der Waals surface area contributed by atoms with Crippen LogP contribution >= 0.6 is 0 Å². The van der Waals surface area contributed by atoms with Gasteiger partial charge in [-0.2, -0.15) is 0 Å². The van der Waals surface area contributed by atoms with Gasteiger partial charge >= 0.3 is 0 Å². The molecular formula is C26H17F5N4. The molecular weight excluding hydrogens is 463 g/mol. The molecule has 5 aromatic rings. The largest absolute Gasteiger partial charge is 0.203 e. The monoisotopic (exact) mass is 480 g/mol. The van der Waals surface area contributed by atoms with E-state index in [0.29, 0.717) is 24.8 Å². The van der Waals surface area contributed by atoms with E-state index in [1.165, 1.54) is 12.4 Å². The predicted molar refractivity (Wildman–Crippen MR) is 120 cm³/mol. The van der Waals surface area contributed by atoms with Crippen LogP contribution in [-0.4, -0.2) is 20.6 Å². The average molecular weight is 480 g/mol. The standard InChI is InChI=1S/C24H15F5.C2H2N4/c25-20-19(21(26)23(28)24(29)22(20)27)18-7-3-6-14-16-9-8-12-4-1-2-5-13(12)15(16)10-11-17(14)18;1-2-4-6-5-3-1/h1-2,4-5,8-11,18H,3,6-7H2;1-2H. The quantitative estimate of drug-likeness (QED) is 0.120. The van der Waals surface area contributed by atoms with Gasteiger partial charge in [0.15, 0.2) is 23.3 Å². The Labute approximate surface area is 196 Å². The van der Waals surface area contributed by atoms with E-state index in [-0.39, 0.29) is 0 Å². The first-order valence-corrected chi connectivity index (χ1v) is 10.9. The maximum absolute atomic E-state index is 14.5. The number of rotatable bonds is 1. The van der Waals surface area contributed by atoms with Gasteiger partial charge in [0.1, 0.15) is 0 Å². The van der Waals surface area contributed by atoms with Gasteiger partial charge in [-0.1, -0.05) is 48.5 Å². The molecule has 1 aliphatic carbocycles. The van der Waals surface area contributed by atoms with Crippen LogP contribution in [0.5, 0.6) is 0 Å². The fraction of sp³-hybridized carbons (Fsp3) is 0.154. The van der Waals surface area contributed by atoms with Crippen molar-refractivity contribution in [3.05, 3.63) is 107 Å². The summed E-state index contributed by atoms with van der Waals surface area (Å²) in [5.41, 5.74) is 0.804. The maximum Gasteiger partial charge on any atom is 0.200 e. The number of halogens is 5. The van der Waals surface area contributed by atoms with Crippen LogP contribution in [0.2, 0.25) is 0 Å². The van der Waals surface area contributed by atoms with Crippen molar-refractivity contribution in [3.8, 4) is 0 Å². The highest BCUT2D eigenvalue weighted by molar-refractivity contribution is 6.08. The van der Waals surface area contributed by atoms with E-state index >= 15 is 0 Å². The number of hydrogen-bond acceptors (Lipinski definition) is 4. The second-order valence-corrected chi connectivity index (χ2v) is 8.15. The van der Waals surface area contributed by atoms with E-state index in [1.807, 2.05) is 42.5 Å². The number of hydrogen-bond donors (Lipinski definition) is 0. The fourth-order valence-electron chi connectivity index (χ4n) is 4.80. The highest BCUT2D eigenvalue weighted by Crippen LogP contribution is 2.43. The summed E-state index contributed by atoms with van der Waals surface area (Å²) in [6.07, 6.45) is 4.55. The van der Waals surface area contributed by atoms with Gasteiger partial charge in [-0.3, -0.25) is 0 Å². The van der Waals surface area contributed by atoms with Crippen LogP contribution in [0.3, 0.4) is 0 Å². The summed E-state index contributed by atoms with van der Waals surface area (Å²) in [5.74, 6) is -10.3. The molecule has 0 N–H and O–H groups in total. The summed E-state index contributed by atoms with van der Waals surface area (Å²) in [5, 5.41) is 17.2. The number of aryl methyl sites for hydroxylation is 1. The molecule has 0 amide bonds. The van der Waals surface area contributed by atoms with Gasteiger partial charge in [-0.05, 0) is 62.4 Å². The summed E-state index contributed by atoms with van der Waals surface area (Å²) in [6.45, 7) is 0. The van der Waals surface area contributed by atoms with Crippen molar-refractivity contribution >= 4 is 21.5 Å². The van der Waals surface area contributed by atoms with E-state index in [2.05, 4.69) is 20.6 Å². The van der Waals surface area contributed by atoms with Crippen LogP contribution in [-0.2, 0) is 6.42 Å². The van der Waals surface area contributed by atoms with E-state index in [1.54, 1.807) is 6.07 Å². The van der Waals surface area contributed by atoms with Crippen molar-refractivity contribution < 1.29 is 22.0 Å². The molecule has 176 valence electrons. The van der Waals surface area contributed by atoms with E-state index < -0.39 is 40.6 Å². The molecule has 1 aromatic heterocycles. The third kappa shape index (κ3) is 3.96. The number of nitrogens with zero attached hydrogens (tertiary/aromatic N) is 4. The van der Waals surface area contributed by atoms with Crippen molar-refractivity contribution in [3.63, 3.8) is 0 Å². The molecule has 0 saturated carbocycles. The van der Waals surface area contributed by atoms with Crippen molar-refractivity contribution in [1.82, 2.24) is 20.6 Å². The zero-order valence-electron chi connectivity index (χ0n) is 18.2. The minimum atomic E-state index is -2.12. The Morgan fingerprint density at radius 2 is 1.26 bits per heavy atom. The molecule has 4 aromatic carbocycles. The zero-order valence-corrected chi connectivity index (χ0v) is 18.2. The molecule has 1 heterocycles. The minimum Gasteiger partial charge on any atom is -0.203 e. The Bertz CT molecular complexity index is 1490. The second kappa shape index (κ2) is 9.32. The van der Waals surface area contributed by atoms with Crippen LogP contribution in [0.15, 0.2) is 60.9 Å². The van der Waals surface area contributed by atoms with E-state index in [9.17, 15) is 22.0 Å². The molecule has 1 unspecified atom stereocenters. The number of benzene rings is 4. The predicted octanol–water partition coefficient (Wildman–Crippen LogP) is 6.42. The number of aromatic nitrogens is 4. The highest BCUT2D eigenvalue weighted by atomic mass is 19.2. The van der Waals surface area contributed by atoms with E-state index in [0.717, 1.165) is 27.1 Å². The smallest absolute Gasteiger partial charge is 0.200 e. The molecule has 0 bridgehead atoms. The number of fused-ring (bicyclic) bond motifs is 5. The van der Waals surface area contributed by atoms with Crippen molar-refractivity contribution in [2.45, 2.75) is 25.2 Å². The Hall–Kier alpha value is -4.01. The Morgan fingerprint density at radius 3 is 1.91 bits per heavy atom. The molecule has 1 aliphatic rings. The second-order valence-electron chi connectivity index (χ2n) is 8.15. The lowest BCUT2D eigenvalue weighted by Gasteiger charge is -2.28. The molecule has 6 rings (SSSR count). The molecule has 1 atom stereocenters. The molecule has 9 heteroatoms. The SMILES string of the molecule is Fc1c(F)c(F)c(C2CCCc3c2ccc2c3ccc3ccccc32)c(F)c1F.c1cnnnn1.